The molecule has 0 aliphatic rings. The van der Waals surface area contributed by atoms with E-state index in [-0.39, 0.29) is 11.3 Å². The van der Waals surface area contributed by atoms with Gasteiger partial charge in [0.25, 0.3) is 0 Å². The summed E-state index contributed by atoms with van der Waals surface area (Å²) in [4.78, 5) is 4.63. The molecule has 0 fully saturated rings. The maximum absolute atomic E-state index is 9.00. The molecule has 2 nitrogen and oxygen atoms in total. The van der Waals surface area contributed by atoms with Gasteiger partial charge >= 0.3 is 0 Å². The molecule has 0 spiro atoms. The maximum Gasteiger partial charge on any atom is 0.145 e. The molecule has 0 N–H and O–H groups in total. The van der Waals surface area contributed by atoms with Gasteiger partial charge in [-0.3, -0.25) is 4.57 Å². The minimum Gasteiger partial charge on any atom is -0.292 e. The number of fused-ring (bicyclic) bond motifs is 1. The molecule has 0 saturated heterocycles. The Bertz CT molecular complexity index is 1480. The first-order valence-corrected chi connectivity index (χ1v) is 8.35. The topological polar surface area (TPSA) is 17.8 Å². The number of nitrogens with zero attached hydrogens (tertiary/aromatic N) is 2. The molecule has 1 aromatic heterocycles. The molecule has 4 rings (SSSR count). The van der Waals surface area contributed by atoms with Crippen LogP contribution in [-0.4, -0.2) is 9.55 Å². The normalized spacial score (nSPS) is 21.9. The van der Waals surface area contributed by atoms with Gasteiger partial charge in [0, 0.05) is 24.8 Å². The van der Waals surface area contributed by atoms with Gasteiger partial charge in [-0.25, -0.2) is 4.98 Å². The summed E-state index contributed by atoms with van der Waals surface area (Å²) in [6, 6.07) is 18.0. The van der Waals surface area contributed by atoms with E-state index in [2.05, 4.69) is 4.98 Å². The van der Waals surface area contributed by atoms with Crippen LogP contribution in [0.5, 0.6) is 0 Å². The molecule has 0 saturated carbocycles. The molecule has 2 heteroatoms. The predicted molar refractivity (Wildman–Crippen MR) is 115 cm³/mol. The Labute approximate surface area is 181 Å². The van der Waals surface area contributed by atoms with Crippen LogP contribution in [0.4, 0.5) is 0 Å². The van der Waals surface area contributed by atoms with Crippen molar-refractivity contribution in [1.29, 1.82) is 0 Å². The lowest BCUT2D eigenvalue weighted by Gasteiger charge is -2.22. The summed E-state index contributed by atoms with van der Waals surface area (Å²) in [5.74, 6) is -6.64. The minimum atomic E-state index is -3.50. The molecule has 0 bridgehead atoms. The summed E-state index contributed by atoms with van der Waals surface area (Å²) >= 11 is 0. The first-order valence-electron chi connectivity index (χ1n) is 15.4. The highest BCUT2D eigenvalue weighted by Crippen LogP contribution is 2.36. The van der Waals surface area contributed by atoms with E-state index in [0.717, 1.165) is 18.2 Å². The van der Waals surface area contributed by atoms with E-state index in [1.165, 1.54) is 4.57 Å². The lowest BCUT2D eigenvalue weighted by Crippen LogP contribution is -2.08. The van der Waals surface area contributed by atoms with E-state index >= 15 is 0 Å². The molecule has 0 aliphatic heterocycles. The number of benzene rings is 3. The van der Waals surface area contributed by atoms with Crippen molar-refractivity contribution < 1.29 is 19.2 Å². The average molecular weight is 369 g/mol. The van der Waals surface area contributed by atoms with Crippen molar-refractivity contribution >= 4 is 11.0 Å². The Morgan fingerprint density at radius 3 is 2.07 bits per heavy atom. The first kappa shape index (κ1) is 7.63. The molecule has 0 unspecified atom stereocenters. The van der Waals surface area contributed by atoms with Gasteiger partial charge in [0.15, 0.2) is 0 Å². The molecular formula is C25H26N2. The summed E-state index contributed by atoms with van der Waals surface area (Å²) in [6.07, 6.45) is 0. The van der Waals surface area contributed by atoms with Gasteiger partial charge in [0.05, 0.1) is 16.7 Å². The van der Waals surface area contributed by atoms with Crippen LogP contribution in [0.25, 0.3) is 28.1 Å². The zero-order valence-corrected chi connectivity index (χ0v) is 14.3. The monoisotopic (exact) mass is 368 g/mol. The molecule has 27 heavy (non-hydrogen) atoms. The van der Waals surface area contributed by atoms with Crippen LogP contribution in [0.2, 0.25) is 0 Å². The van der Waals surface area contributed by atoms with Crippen molar-refractivity contribution in [2.24, 2.45) is 0 Å². The Kier molecular flexibility index (Phi) is 1.99. The Morgan fingerprint density at radius 2 is 1.41 bits per heavy atom. The number of imidazole rings is 1. The predicted octanol–water partition coefficient (Wildman–Crippen LogP) is 6.94. The highest BCUT2D eigenvalue weighted by molar-refractivity contribution is 5.84. The molecule has 0 amide bonds. The van der Waals surface area contributed by atoms with Crippen molar-refractivity contribution in [3.8, 4) is 17.1 Å². The van der Waals surface area contributed by atoms with E-state index in [0.29, 0.717) is 11.1 Å². The second kappa shape index (κ2) is 7.03. The largest absolute Gasteiger partial charge is 0.292 e. The van der Waals surface area contributed by atoms with E-state index in [9.17, 15) is 0 Å². The number of rotatable bonds is 4. The summed E-state index contributed by atoms with van der Waals surface area (Å²) in [5.41, 5.74) is -0.882. The Morgan fingerprint density at radius 1 is 0.778 bits per heavy atom. The number of aromatic nitrogens is 2. The number of hydrogen-bond acceptors (Lipinski definition) is 1. The third-order valence-electron chi connectivity index (χ3n) is 4.39. The first-order chi connectivity index (χ1) is 18.7. The van der Waals surface area contributed by atoms with Crippen LogP contribution >= 0.6 is 0 Å². The van der Waals surface area contributed by atoms with Crippen LogP contribution < -0.4 is 0 Å². The van der Waals surface area contributed by atoms with Gasteiger partial charge in [-0.15, -0.1) is 0 Å². The fourth-order valence-corrected chi connectivity index (χ4v) is 3.22. The van der Waals surface area contributed by atoms with Crippen LogP contribution in [-0.2, 0) is 0 Å². The Hall–Kier alpha value is -2.87. The SMILES string of the molecule is [2H]C([2H])([2H])C([2H])(c1cccc(C([2H])(C([2H])([2H])[2H])C([2H])([2H])[2H])c1-n1c(-c2ccccc2)nc2ccccc21)C([2H])([2H])[2H]. The standard InChI is InChI=1S/C25H26N2/c1-17(2)20-13-10-14-21(18(3)4)24(20)27-23-16-9-8-15-22(23)26-25(27)19-11-6-5-7-12-19/h5-18H,1-4H3/i1D3,2D3,3D3,4D3,17D,18D. The molecule has 136 valence electrons. The van der Waals surface area contributed by atoms with E-state index in [4.69, 9.17) is 19.2 Å². The third-order valence-corrected chi connectivity index (χ3v) is 4.39. The number of para-hydroxylation sites is 3. The second-order valence-corrected chi connectivity index (χ2v) is 6.08. The van der Waals surface area contributed by atoms with E-state index in [1.807, 2.05) is 0 Å². The van der Waals surface area contributed by atoms with Crippen molar-refractivity contribution in [1.82, 2.24) is 9.55 Å². The van der Waals surface area contributed by atoms with Crippen molar-refractivity contribution in [3.63, 3.8) is 0 Å². The summed E-state index contributed by atoms with van der Waals surface area (Å²) in [5, 5.41) is 0. The quantitative estimate of drug-likeness (QED) is 0.381. The highest BCUT2D eigenvalue weighted by Gasteiger charge is 2.21. The lowest BCUT2D eigenvalue weighted by atomic mass is 9.92. The second-order valence-electron chi connectivity index (χ2n) is 6.08. The van der Waals surface area contributed by atoms with Gasteiger partial charge in [-0.2, -0.15) is 0 Å². The Balaban J connectivity index is 2.36. The third kappa shape index (κ3) is 3.06. The fourth-order valence-electron chi connectivity index (χ4n) is 3.22. The fraction of sp³-hybridized carbons (Fsp3) is 0.240. The summed E-state index contributed by atoms with van der Waals surface area (Å²) in [6.45, 7) is -14.0. The zero-order valence-electron chi connectivity index (χ0n) is 28.3. The molecule has 0 radical (unpaired) electrons. The molecule has 0 atom stereocenters. The molecule has 0 aliphatic carbocycles. The van der Waals surface area contributed by atoms with Crippen molar-refractivity contribution in [2.75, 3.05) is 0 Å². The van der Waals surface area contributed by atoms with Gasteiger partial charge in [0.2, 0.25) is 0 Å². The van der Waals surface area contributed by atoms with E-state index in [1.54, 1.807) is 54.6 Å². The van der Waals surface area contributed by atoms with Crippen molar-refractivity contribution in [2.45, 2.75) is 39.2 Å². The summed E-state index contributed by atoms with van der Waals surface area (Å²) < 4.78 is 117. The van der Waals surface area contributed by atoms with Crippen LogP contribution in [0.1, 0.15) is 69.5 Å². The molecule has 4 aromatic rings. The van der Waals surface area contributed by atoms with Crippen molar-refractivity contribution in [3.05, 3.63) is 83.9 Å². The molecule has 1 heterocycles. The molecule has 3 aromatic carbocycles. The minimum absolute atomic E-state index is 0.0948. The van der Waals surface area contributed by atoms with Crippen LogP contribution in [0.15, 0.2) is 72.8 Å². The van der Waals surface area contributed by atoms with Gasteiger partial charge in [-0.1, -0.05) is 88.1 Å². The number of hydrogen-bond donors (Lipinski definition) is 0. The van der Waals surface area contributed by atoms with Crippen LogP contribution in [0, 0.1) is 0 Å². The molecular weight excluding hydrogens is 328 g/mol. The average Bonchev–Trinajstić information content (AvgIpc) is 3.24. The van der Waals surface area contributed by atoms with Gasteiger partial charge in [0.1, 0.15) is 5.82 Å². The summed E-state index contributed by atoms with van der Waals surface area (Å²) in [7, 11) is 0. The maximum atomic E-state index is 9.00. The highest BCUT2D eigenvalue weighted by atomic mass is 15.1. The van der Waals surface area contributed by atoms with E-state index < -0.39 is 56.0 Å². The zero-order chi connectivity index (χ0) is 30.8. The smallest absolute Gasteiger partial charge is 0.145 e. The van der Waals surface area contributed by atoms with Gasteiger partial charge in [-0.05, 0) is 35.0 Å². The van der Waals surface area contributed by atoms with Crippen LogP contribution in [0.3, 0.4) is 0 Å². The lowest BCUT2D eigenvalue weighted by molar-refractivity contribution is 0.811. The van der Waals surface area contributed by atoms with Gasteiger partial charge < -0.3 is 0 Å².